The number of phosphoric ester groups is 3. The van der Waals surface area contributed by atoms with Crippen LogP contribution in [0.3, 0.4) is 0 Å². The second-order valence-electron chi connectivity index (χ2n) is 12.1. The summed E-state index contributed by atoms with van der Waals surface area (Å²) in [4.78, 5) is 75.1. The molecule has 2 aromatic heterocycles. The predicted molar refractivity (Wildman–Crippen MR) is 171 cm³/mol. The summed E-state index contributed by atoms with van der Waals surface area (Å²) in [7, 11) is -16.3. The number of phosphoric acid groups is 3. The van der Waals surface area contributed by atoms with E-state index in [2.05, 4.69) is 34.4 Å². The molecule has 3 rings (SSSR count). The van der Waals surface area contributed by atoms with E-state index in [1.807, 2.05) is 0 Å². The Balaban J connectivity index is 1.55. The lowest BCUT2D eigenvalue weighted by molar-refractivity contribution is -0.137. The standard InChI is InChI=1S/C24H42N7O17P3/c1-13(32)5-4-7-26-15(33)6-8-27-22(36)19(35)24(2,3)10-45-51(42,43)48-50(40,41)44-9-14-18(47-49(37,38)39)17(34)23(46-14)31-12-30-16-20(25)28-11-29-21(16)31/h11-14,17-19,23,32,34-35H,4-10H2,1-3H3,(H,26,33)(H,27,36)(H,40,41)(H,42,43)(H2,25,28,29)(H2,37,38,39)/t13-,14-,17-,18-,19+,23-/m1/s1. The van der Waals surface area contributed by atoms with Gasteiger partial charge in [0.05, 0.1) is 25.6 Å². The second kappa shape index (κ2) is 17.5. The number of aliphatic hydroxyl groups excluding tert-OH is 3. The maximum Gasteiger partial charge on any atom is 0.481 e. The number of imidazole rings is 1. The third-order valence-corrected chi connectivity index (χ3v) is 10.3. The molecule has 51 heavy (non-hydrogen) atoms. The van der Waals surface area contributed by atoms with Gasteiger partial charge in [0.15, 0.2) is 17.7 Å². The fourth-order valence-corrected chi connectivity index (χ4v) is 7.39. The number of hydrogen-bond acceptors (Lipinski definition) is 17. The van der Waals surface area contributed by atoms with Gasteiger partial charge in [-0.3, -0.25) is 27.7 Å². The van der Waals surface area contributed by atoms with Gasteiger partial charge in [0.25, 0.3) is 0 Å². The molecule has 1 aliphatic rings. The number of ether oxygens (including phenoxy) is 1. The van der Waals surface area contributed by atoms with Gasteiger partial charge in [0, 0.05) is 24.9 Å². The molecule has 0 radical (unpaired) electrons. The van der Waals surface area contributed by atoms with Crippen LogP contribution < -0.4 is 16.4 Å². The minimum absolute atomic E-state index is 0.0338. The fraction of sp³-hybridized carbons (Fsp3) is 0.708. The summed E-state index contributed by atoms with van der Waals surface area (Å²) in [5, 5.41) is 35.5. The second-order valence-corrected chi connectivity index (χ2v) is 16.3. The van der Waals surface area contributed by atoms with Crippen molar-refractivity contribution in [3.63, 3.8) is 0 Å². The number of carbonyl (C=O) groups is 2. The molecule has 290 valence electrons. The molecule has 8 atom stereocenters. The van der Waals surface area contributed by atoms with Gasteiger partial charge in [0.2, 0.25) is 11.8 Å². The van der Waals surface area contributed by atoms with Gasteiger partial charge in [-0.2, -0.15) is 4.31 Å². The monoisotopic (exact) mass is 793 g/mol. The van der Waals surface area contributed by atoms with Crippen LogP contribution in [-0.2, 0) is 45.9 Å². The summed E-state index contributed by atoms with van der Waals surface area (Å²) in [6.45, 7) is 2.29. The summed E-state index contributed by atoms with van der Waals surface area (Å²) < 4.78 is 61.9. The Kier molecular flexibility index (Phi) is 14.8. The first kappa shape index (κ1) is 42.9. The van der Waals surface area contributed by atoms with Crippen LogP contribution >= 0.6 is 23.5 Å². The lowest BCUT2D eigenvalue weighted by Gasteiger charge is -2.30. The first-order valence-electron chi connectivity index (χ1n) is 15.1. The average Bonchev–Trinajstić information content (AvgIpc) is 3.57. The highest BCUT2D eigenvalue weighted by atomic mass is 31.3. The number of aliphatic hydroxyl groups is 3. The van der Waals surface area contributed by atoms with E-state index in [0.717, 1.165) is 17.2 Å². The van der Waals surface area contributed by atoms with Gasteiger partial charge in [0.1, 0.15) is 36.3 Å². The summed E-state index contributed by atoms with van der Waals surface area (Å²) in [5.41, 5.74) is 4.28. The Morgan fingerprint density at radius 2 is 1.73 bits per heavy atom. The van der Waals surface area contributed by atoms with E-state index in [1.165, 1.54) is 13.8 Å². The van der Waals surface area contributed by atoms with E-state index < -0.39 is 84.8 Å². The van der Waals surface area contributed by atoms with Crippen LogP contribution in [0.25, 0.3) is 11.2 Å². The minimum atomic E-state index is -5.55. The SMILES string of the molecule is C[C@@H](O)CCCNC(=O)CCNC(=O)[C@H](O)C(C)(C)COP(=O)(O)OP(=O)(O)OC[C@H]1O[C@@H](n2cnc3c(N)ncnc32)[C@H](O)[C@@H]1OP(=O)(O)O. The molecular weight excluding hydrogens is 751 g/mol. The summed E-state index contributed by atoms with van der Waals surface area (Å²) in [5.74, 6) is -1.39. The average molecular weight is 794 g/mol. The molecule has 2 aromatic rings. The highest BCUT2D eigenvalue weighted by molar-refractivity contribution is 7.61. The van der Waals surface area contributed by atoms with Gasteiger partial charge in [-0.1, -0.05) is 13.8 Å². The number of anilines is 1. The third-order valence-electron chi connectivity index (χ3n) is 7.20. The Bertz CT molecular complexity index is 1660. The summed E-state index contributed by atoms with van der Waals surface area (Å²) in [6, 6.07) is 0. The third kappa shape index (κ3) is 12.8. The normalized spacial score (nSPS) is 23.3. The van der Waals surface area contributed by atoms with Crippen molar-refractivity contribution in [1.29, 1.82) is 0 Å². The molecule has 11 N–H and O–H groups in total. The van der Waals surface area contributed by atoms with Crippen molar-refractivity contribution in [2.45, 2.75) is 76.8 Å². The van der Waals surface area contributed by atoms with E-state index >= 15 is 0 Å². The van der Waals surface area contributed by atoms with E-state index in [1.54, 1.807) is 6.92 Å². The van der Waals surface area contributed by atoms with Gasteiger partial charge in [-0.05, 0) is 19.8 Å². The number of nitrogens with two attached hydrogens (primary N) is 1. The number of amides is 2. The molecule has 0 aliphatic carbocycles. The van der Waals surface area contributed by atoms with Crippen molar-refractivity contribution in [3.05, 3.63) is 12.7 Å². The van der Waals surface area contributed by atoms with Crippen molar-refractivity contribution in [2.24, 2.45) is 5.41 Å². The van der Waals surface area contributed by atoms with Crippen LogP contribution in [0.1, 0.15) is 46.3 Å². The largest absolute Gasteiger partial charge is 0.481 e. The van der Waals surface area contributed by atoms with Crippen LogP contribution in [0.2, 0.25) is 0 Å². The van der Waals surface area contributed by atoms with Crippen molar-refractivity contribution in [1.82, 2.24) is 30.2 Å². The van der Waals surface area contributed by atoms with Crippen LogP contribution in [-0.4, -0.2) is 123 Å². The molecule has 0 spiro atoms. The van der Waals surface area contributed by atoms with E-state index in [9.17, 15) is 58.2 Å². The van der Waals surface area contributed by atoms with E-state index in [0.29, 0.717) is 19.4 Å². The highest BCUT2D eigenvalue weighted by Crippen LogP contribution is 2.61. The van der Waals surface area contributed by atoms with E-state index in [-0.39, 0.29) is 35.9 Å². The molecule has 1 fully saturated rings. The van der Waals surface area contributed by atoms with Crippen LogP contribution in [0, 0.1) is 5.41 Å². The number of aromatic nitrogens is 4. The van der Waals surface area contributed by atoms with Crippen molar-refractivity contribution in [2.75, 3.05) is 32.0 Å². The lowest BCUT2D eigenvalue weighted by Crippen LogP contribution is -2.46. The molecular formula is C24H42N7O17P3. The molecule has 0 bridgehead atoms. The highest BCUT2D eigenvalue weighted by Gasteiger charge is 2.50. The molecule has 0 aromatic carbocycles. The van der Waals surface area contributed by atoms with Crippen LogP contribution in [0.5, 0.6) is 0 Å². The van der Waals surface area contributed by atoms with Crippen LogP contribution in [0.4, 0.5) is 5.82 Å². The Morgan fingerprint density at radius 1 is 1.06 bits per heavy atom. The topological polar surface area (TPSA) is 367 Å². The maximum atomic E-state index is 12.6. The van der Waals surface area contributed by atoms with Gasteiger partial charge < -0.3 is 56.0 Å². The number of rotatable bonds is 20. The number of nitrogens with zero attached hydrogens (tertiary/aromatic N) is 4. The summed E-state index contributed by atoms with van der Waals surface area (Å²) in [6.07, 6.45) is -6.28. The Morgan fingerprint density at radius 3 is 2.37 bits per heavy atom. The van der Waals surface area contributed by atoms with Crippen molar-refractivity contribution in [3.8, 4) is 0 Å². The molecule has 1 aliphatic heterocycles. The van der Waals surface area contributed by atoms with Gasteiger partial charge >= 0.3 is 23.5 Å². The van der Waals surface area contributed by atoms with Gasteiger partial charge in [-0.25, -0.2) is 28.6 Å². The quantitative estimate of drug-likeness (QED) is 0.0542. The fourth-order valence-electron chi connectivity index (χ4n) is 4.57. The zero-order chi connectivity index (χ0) is 38.4. The number of hydrogen-bond donors (Lipinski definition) is 10. The number of nitrogen functional groups attached to an aromatic ring is 1. The smallest absolute Gasteiger partial charge is 0.393 e. The zero-order valence-electron chi connectivity index (χ0n) is 27.5. The Hall–Kier alpha value is -2.50. The first-order valence-corrected chi connectivity index (χ1v) is 19.6. The molecule has 2 amide bonds. The maximum absolute atomic E-state index is 12.6. The predicted octanol–water partition coefficient (Wildman–Crippen LogP) is -1.43. The van der Waals surface area contributed by atoms with Crippen molar-refractivity contribution >= 4 is 52.3 Å². The first-order chi connectivity index (χ1) is 23.5. The summed E-state index contributed by atoms with van der Waals surface area (Å²) >= 11 is 0. The molecule has 0 saturated carbocycles. The van der Waals surface area contributed by atoms with Crippen molar-refractivity contribution < 1.29 is 80.8 Å². The van der Waals surface area contributed by atoms with E-state index in [4.69, 9.17) is 19.5 Å². The molecule has 2 unspecified atom stereocenters. The molecule has 3 heterocycles. The van der Waals surface area contributed by atoms with Crippen LogP contribution in [0.15, 0.2) is 12.7 Å². The van der Waals surface area contributed by atoms with Gasteiger partial charge in [-0.15, -0.1) is 0 Å². The minimum Gasteiger partial charge on any atom is -0.393 e. The Labute approximate surface area is 290 Å². The molecule has 1 saturated heterocycles. The zero-order valence-corrected chi connectivity index (χ0v) is 30.2. The molecule has 24 nitrogen and oxygen atoms in total. The number of carbonyl (C=O) groups excluding carboxylic acids is 2. The molecule has 27 heteroatoms. The number of fused-ring (bicyclic) bond motifs is 1. The number of nitrogens with one attached hydrogen (secondary N) is 2. The lowest BCUT2D eigenvalue weighted by atomic mass is 9.87.